The first kappa shape index (κ1) is 30.8. The number of ether oxygens (including phenoxy) is 2. The molecule has 0 saturated heterocycles. The van der Waals surface area contributed by atoms with Gasteiger partial charge in [0.2, 0.25) is 0 Å². The normalized spacial score (nSPS) is 15.1. The average molecular weight is 449 g/mol. The van der Waals surface area contributed by atoms with Crippen LogP contribution in [0.3, 0.4) is 0 Å². The van der Waals surface area contributed by atoms with E-state index < -0.39 is 17.4 Å². The lowest BCUT2D eigenvalue weighted by molar-refractivity contribution is -0.488. The Morgan fingerprint density at radius 3 is 1.29 bits per heavy atom. The topological polar surface area (TPSA) is 99.4 Å². The maximum absolute atomic E-state index is 10.8. The van der Waals surface area contributed by atoms with Gasteiger partial charge in [0.25, 0.3) is 5.79 Å². The molecule has 6 heteroatoms. The smallest absolute Gasteiger partial charge is 0.336 e. The quantitative estimate of drug-likeness (QED) is 0.153. The number of unbranched alkanes of at least 4 members (excludes halogenated alkanes) is 8. The van der Waals surface area contributed by atoms with Crippen LogP contribution in [-0.2, 0) is 9.47 Å². The first-order valence-electron chi connectivity index (χ1n) is 12.5. The minimum Gasteiger partial charge on any atom is -0.370 e. The molecule has 188 valence electrons. The standard InChI is InChI=1S/C25H52O6/c1-21(2)17-13-9-7-11-15-19-30-23(5,6)24(26,25(27,28)29)31-20-16-12-8-10-14-18-22(3)4/h21-22,26-29H,7-20H2,1-6H3. The van der Waals surface area contributed by atoms with E-state index in [9.17, 15) is 20.4 Å². The zero-order chi connectivity index (χ0) is 24.0. The summed E-state index contributed by atoms with van der Waals surface area (Å²) in [7, 11) is 0. The summed E-state index contributed by atoms with van der Waals surface area (Å²) in [5.74, 6) is -4.61. The van der Waals surface area contributed by atoms with Gasteiger partial charge in [0.05, 0.1) is 6.61 Å². The second-order valence-electron chi connectivity index (χ2n) is 10.4. The molecule has 1 unspecified atom stereocenters. The molecule has 0 aromatic heterocycles. The van der Waals surface area contributed by atoms with Crippen molar-refractivity contribution in [3.8, 4) is 0 Å². The SMILES string of the molecule is CC(C)CCCCCCCOC(C)(C)C(O)(OCCCCCCCC(C)C)C(O)(O)O. The van der Waals surface area contributed by atoms with Gasteiger partial charge in [0.15, 0.2) is 0 Å². The maximum atomic E-state index is 10.8. The summed E-state index contributed by atoms with van der Waals surface area (Å²) >= 11 is 0. The van der Waals surface area contributed by atoms with E-state index in [-0.39, 0.29) is 6.61 Å². The lowest BCUT2D eigenvalue weighted by Crippen LogP contribution is -2.68. The van der Waals surface area contributed by atoms with Crippen LogP contribution in [0.2, 0.25) is 0 Å². The van der Waals surface area contributed by atoms with Crippen LogP contribution < -0.4 is 0 Å². The molecule has 0 aliphatic rings. The van der Waals surface area contributed by atoms with E-state index in [1.807, 2.05) is 0 Å². The van der Waals surface area contributed by atoms with Crippen LogP contribution in [-0.4, -0.2) is 51.0 Å². The molecule has 4 N–H and O–H groups in total. The minimum absolute atomic E-state index is 0.104. The highest BCUT2D eigenvalue weighted by atomic mass is 16.8. The predicted octanol–water partition coefficient (Wildman–Crippen LogP) is 5.11. The van der Waals surface area contributed by atoms with Crippen LogP contribution in [0.25, 0.3) is 0 Å². The highest BCUT2D eigenvalue weighted by molar-refractivity contribution is 4.93. The van der Waals surface area contributed by atoms with Gasteiger partial charge in [0, 0.05) is 6.61 Å². The Kier molecular flexibility index (Phi) is 15.5. The Morgan fingerprint density at radius 1 is 0.548 bits per heavy atom. The minimum atomic E-state index is -3.43. The van der Waals surface area contributed by atoms with Gasteiger partial charge in [-0.15, -0.1) is 0 Å². The van der Waals surface area contributed by atoms with Gasteiger partial charge in [-0.25, -0.2) is 0 Å². The average Bonchev–Trinajstić information content (AvgIpc) is 2.64. The second kappa shape index (κ2) is 15.6. The molecule has 0 amide bonds. The Labute approximate surface area is 191 Å². The van der Waals surface area contributed by atoms with Crippen molar-refractivity contribution >= 4 is 0 Å². The number of hydrogen-bond acceptors (Lipinski definition) is 6. The Bertz CT molecular complexity index is 430. The Hall–Kier alpha value is -0.240. The third kappa shape index (κ3) is 13.2. The van der Waals surface area contributed by atoms with Crippen LogP contribution in [0, 0.1) is 11.8 Å². The van der Waals surface area contributed by atoms with Gasteiger partial charge in [-0.05, 0) is 38.5 Å². The van der Waals surface area contributed by atoms with E-state index in [0.29, 0.717) is 13.0 Å². The van der Waals surface area contributed by atoms with E-state index in [1.54, 1.807) is 0 Å². The van der Waals surface area contributed by atoms with Crippen LogP contribution in [0.5, 0.6) is 0 Å². The van der Waals surface area contributed by atoms with Gasteiger partial charge in [0.1, 0.15) is 5.60 Å². The van der Waals surface area contributed by atoms with Crippen molar-refractivity contribution in [2.75, 3.05) is 13.2 Å². The fourth-order valence-electron chi connectivity index (χ4n) is 3.69. The summed E-state index contributed by atoms with van der Waals surface area (Å²) in [6.45, 7) is 12.3. The third-order valence-electron chi connectivity index (χ3n) is 5.90. The monoisotopic (exact) mass is 448 g/mol. The van der Waals surface area contributed by atoms with Crippen LogP contribution in [0.4, 0.5) is 0 Å². The summed E-state index contributed by atoms with van der Waals surface area (Å²) < 4.78 is 11.2. The molecule has 0 aromatic rings. The maximum Gasteiger partial charge on any atom is 0.336 e. The van der Waals surface area contributed by atoms with Crippen LogP contribution in [0.15, 0.2) is 0 Å². The van der Waals surface area contributed by atoms with Crippen molar-refractivity contribution in [1.29, 1.82) is 0 Å². The lowest BCUT2D eigenvalue weighted by Gasteiger charge is -2.45. The van der Waals surface area contributed by atoms with Gasteiger partial charge in [-0.1, -0.05) is 91.9 Å². The van der Waals surface area contributed by atoms with Crippen molar-refractivity contribution < 1.29 is 29.9 Å². The fourth-order valence-corrected chi connectivity index (χ4v) is 3.69. The van der Waals surface area contributed by atoms with E-state index >= 15 is 0 Å². The molecule has 0 radical (unpaired) electrons. The molecule has 31 heavy (non-hydrogen) atoms. The first-order chi connectivity index (χ1) is 14.3. The summed E-state index contributed by atoms with van der Waals surface area (Å²) in [5.41, 5.74) is -1.50. The molecule has 0 aliphatic carbocycles. The molecule has 0 saturated carbocycles. The molecule has 0 bridgehead atoms. The second-order valence-corrected chi connectivity index (χ2v) is 10.4. The van der Waals surface area contributed by atoms with Crippen molar-refractivity contribution in [2.45, 2.75) is 136 Å². The van der Waals surface area contributed by atoms with Crippen molar-refractivity contribution in [1.82, 2.24) is 0 Å². The van der Waals surface area contributed by atoms with E-state index in [4.69, 9.17) is 9.47 Å². The third-order valence-corrected chi connectivity index (χ3v) is 5.90. The van der Waals surface area contributed by atoms with Gasteiger partial charge in [-0.3, -0.25) is 0 Å². The van der Waals surface area contributed by atoms with E-state index in [1.165, 1.54) is 46.0 Å². The predicted molar refractivity (Wildman–Crippen MR) is 125 cm³/mol. The number of aliphatic hydroxyl groups is 4. The zero-order valence-corrected chi connectivity index (χ0v) is 21.2. The molecule has 0 heterocycles. The molecule has 0 aliphatic heterocycles. The van der Waals surface area contributed by atoms with Crippen molar-refractivity contribution in [2.24, 2.45) is 11.8 Å². The molecular formula is C25H52O6. The molecule has 0 spiro atoms. The number of hydrogen-bond donors (Lipinski definition) is 4. The molecule has 0 fully saturated rings. The molecule has 6 nitrogen and oxygen atoms in total. The molecule has 1 atom stereocenters. The molecule has 0 aromatic carbocycles. The summed E-state index contributed by atoms with van der Waals surface area (Å²) in [6.07, 6.45) is 12.8. The van der Waals surface area contributed by atoms with E-state index in [0.717, 1.165) is 50.4 Å². The summed E-state index contributed by atoms with van der Waals surface area (Å²) in [6, 6.07) is 0. The van der Waals surface area contributed by atoms with Gasteiger partial charge >= 0.3 is 5.97 Å². The molecular weight excluding hydrogens is 396 g/mol. The van der Waals surface area contributed by atoms with Gasteiger partial charge < -0.3 is 29.9 Å². The zero-order valence-electron chi connectivity index (χ0n) is 21.2. The van der Waals surface area contributed by atoms with Crippen LogP contribution in [0.1, 0.15) is 119 Å². The molecule has 0 rings (SSSR count). The summed E-state index contributed by atoms with van der Waals surface area (Å²) in [5, 5.41) is 40.2. The lowest BCUT2D eigenvalue weighted by atomic mass is 9.94. The summed E-state index contributed by atoms with van der Waals surface area (Å²) in [4.78, 5) is 0. The fraction of sp³-hybridized carbons (Fsp3) is 1.00. The van der Waals surface area contributed by atoms with Crippen molar-refractivity contribution in [3.05, 3.63) is 0 Å². The largest absolute Gasteiger partial charge is 0.370 e. The van der Waals surface area contributed by atoms with Crippen molar-refractivity contribution in [3.63, 3.8) is 0 Å². The number of rotatable bonds is 20. The van der Waals surface area contributed by atoms with Crippen LogP contribution >= 0.6 is 0 Å². The first-order valence-corrected chi connectivity index (χ1v) is 12.5. The van der Waals surface area contributed by atoms with Gasteiger partial charge in [-0.2, -0.15) is 0 Å². The Balaban J connectivity index is 4.32. The Morgan fingerprint density at radius 2 is 0.903 bits per heavy atom. The highest BCUT2D eigenvalue weighted by Gasteiger charge is 2.60. The van der Waals surface area contributed by atoms with E-state index in [2.05, 4.69) is 27.7 Å². The highest BCUT2D eigenvalue weighted by Crippen LogP contribution is 2.35.